The van der Waals surface area contributed by atoms with Crippen molar-refractivity contribution >= 4 is 27.3 Å². The topological polar surface area (TPSA) is 113 Å². The second kappa shape index (κ2) is 9.45. The van der Waals surface area contributed by atoms with Crippen LogP contribution >= 0.6 is 0 Å². The van der Waals surface area contributed by atoms with Crippen molar-refractivity contribution in [1.29, 1.82) is 0 Å². The van der Waals surface area contributed by atoms with Crippen molar-refractivity contribution < 1.29 is 31.3 Å². The Morgan fingerprint density at radius 2 is 1.70 bits per heavy atom. The Hall–Kier alpha value is -3.03. The monoisotopic (exact) mass is 486 g/mol. The van der Waals surface area contributed by atoms with E-state index in [4.69, 9.17) is 0 Å². The molecule has 1 aliphatic rings. The molecule has 0 radical (unpaired) electrons. The van der Waals surface area contributed by atoms with E-state index in [1.165, 1.54) is 16.4 Å². The average molecular weight is 486 g/mol. The molecule has 0 aromatic heterocycles. The average Bonchev–Trinajstić information content (AvgIpc) is 2.73. The molecule has 178 valence electrons. The van der Waals surface area contributed by atoms with E-state index in [1.807, 2.05) is 0 Å². The first kappa shape index (κ1) is 24.6. The third-order valence-corrected chi connectivity index (χ3v) is 7.24. The number of nitro benzene ring substituents is 1. The number of anilines is 1. The molecule has 2 aromatic rings. The van der Waals surface area contributed by atoms with Crippen molar-refractivity contribution in [3.8, 4) is 0 Å². The molecule has 1 heterocycles. The molecule has 1 N–H and O–H groups in total. The fourth-order valence-corrected chi connectivity index (χ4v) is 5.06. The van der Waals surface area contributed by atoms with Gasteiger partial charge in [-0.05, 0) is 36.8 Å². The first-order valence-corrected chi connectivity index (χ1v) is 11.3. The first-order chi connectivity index (χ1) is 15.4. The molecule has 1 saturated heterocycles. The number of rotatable bonds is 6. The fourth-order valence-electron chi connectivity index (χ4n) is 3.39. The number of non-ortho nitro benzene ring substituents is 1. The summed E-state index contributed by atoms with van der Waals surface area (Å²) in [5.41, 5.74) is -0.538. The maximum atomic E-state index is 13.0. The molecule has 0 aliphatic carbocycles. The molecule has 1 fully saturated rings. The SMILES string of the molecule is Cc1ccc([N+](=O)[O-])cc1S(=O)(=O)N1CCN(CC(=O)Nc2ccc(C(F)(F)F)cc2)CC1. The predicted molar refractivity (Wildman–Crippen MR) is 113 cm³/mol. The van der Waals surface area contributed by atoms with Gasteiger partial charge in [-0.2, -0.15) is 17.5 Å². The minimum absolute atomic E-state index is 0.0647. The zero-order valence-corrected chi connectivity index (χ0v) is 18.3. The summed E-state index contributed by atoms with van der Waals surface area (Å²) in [5, 5.41) is 13.5. The van der Waals surface area contributed by atoms with Crippen LogP contribution in [0.15, 0.2) is 47.4 Å². The number of amides is 1. The standard InChI is InChI=1S/C20H21F3N4O5S/c1-14-2-7-17(27(29)30)12-18(14)33(31,32)26-10-8-25(9-11-26)13-19(28)24-16-5-3-15(4-6-16)20(21,22)23/h2-7,12H,8-11,13H2,1H3,(H,24,28). The van der Waals surface area contributed by atoms with Gasteiger partial charge in [0.15, 0.2) is 0 Å². The number of nitro groups is 1. The van der Waals surface area contributed by atoms with Crippen LogP contribution in [0.5, 0.6) is 0 Å². The van der Waals surface area contributed by atoms with E-state index in [1.54, 1.807) is 11.8 Å². The maximum Gasteiger partial charge on any atom is 0.416 e. The van der Waals surface area contributed by atoms with E-state index >= 15 is 0 Å². The molecular formula is C20H21F3N4O5S. The molecule has 0 bridgehead atoms. The van der Waals surface area contributed by atoms with E-state index in [2.05, 4.69) is 5.32 Å². The van der Waals surface area contributed by atoms with Crippen LogP contribution in [0, 0.1) is 17.0 Å². The number of piperazine rings is 1. The van der Waals surface area contributed by atoms with Gasteiger partial charge in [-0.3, -0.25) is 19.8 Å². The molecule has 2 aromatic carbocycles. The Kier molecular flexibility index (Phi) is 7.05. The third kappa shape index (κ3) is 5.86. The predicted octanol–water partition coefficient (Wildman–Crippen LogP) is 2.87. The van der Waals surface area contributed by atoms with Crippen molar-refractivity contribution in [2.75, 3.05) is 38.0 Å². The molecular weight excluding hydrogens is 465 g/mol. The number of hydrogen-bond donors (Lipinski definition) is 1. The number of benzene rings is 2. The largest absolute Gasteiger partial charge is 0.416 e. The Morgan fingerprint density at radius 1 is 1.09 bits per heavy atom. The lowest BCUT2D eigenvalue weighted by molar-refractivity contribution is -0.385. The summed E-state index contributed by atoms with van der Waals surface area (Å²) in [5.74, 6) is -0.444. The Bertz CT molecular complexity index is 1150. The second-order valence-electron chi connectivity index (χ2n) is 7.51. The number of alkyl halides is 3. The first-order valence-electron chi connectivity index (χ1n) is 9.82. The Labute approximate surface area is 188 Å². The molecule has 0 unspecified atom stereocenters. The smallest absolute Gasteiger partial charge is 0.325 e. The van der Waals surface area contributed by atoms with Crippen molar-refractivity contribution in [2.24, 2.45) is 0 Å². The highest BCUT2D eigenvalue weighted by Crippen LogP contribution is 2.30. The van der Waals surface area contributed by atoms with Crippen molar-refractivity contribution in [3.05, 3.63) is 63.7 Å². The van der Waals surface area contributed by atoms with Crippen molar-refractivity contribution in [2.45, 2.75) is 18.0 Å². The molecule has 1 aliphatic heterocycles. The van der Waals surface area contributed by atoms with Crippen LogP contribution in [0.2, 0.25) is 0 Å². The lowest BCUT2D eigenvalue weighted by atomic mass is 10.2. The molecule has 0 saturated carbocycles. The van der Waals surface area contributed by atoms with Crippen LogP contribution in [0.25, 0.3) is 0 Å². The van der Waals surface area contributed by atoms with Crippen LogP contribution in [0.4, 0.5) is 24.5 Å². The van der Waals surface area contributed by atoms with Gasteiger partial charge in [0, 0.05) is 44.0 Å². The zero-order chi connectivity index (χ0) is 24.4. The highest BCUT2D eigenvalue weighted by atomic mass is 32.2. The lowest BCUT2D eigenvalue weighted by Gasteiger charge is -2.33. The summed E-state index contributed by atoms with van der Waals surface area (Å²) in [6, 6.07) is 7.71. The van der Waals surface area contributed by atoms with Gasteiger partial charge in [-0.25, -0.2) is 8.42 Å². The quantitative estimate of drug-likeness (QED) is 0.496. The molecule has 9 nitrogen and oxygen atoms in total. The number of sulfonamides is 1. The summed E-state index contributed by atoms with van der Waals surface area (Å²) in [6.45, 7) is 2.14. The van der Waals surface area contributed by atoms with Crippen LogP contribution in [-0.4, -0.2) is 61.2 Å². The second-order valence-corrected chi connectivity index (χ2v) is 9.42. The summed E-state index contributed by atoms with van der Waals surface area (Å²) in [4.78, 5) is 24.2. The number of nitrogens with zero attached hydrogens (tertiary/aromatic N) is 3. The maximum absolute atomic E-state index is 13.0. The number of carbonyl (C=O) groups is 1. The van der Waals surface area contributed by atoms with Gasteiger partial charge in [0.05, 0.1) is 21.9 Å². The molecule has 3 rings (SSSR count). The van der Waals surface area contributed by atoms with E-state index in [0.717, 1.165) is 30.3 Å². The van der Waals surface area contributed by atoms with Crippen molar-refractivity contribution in [1.82, 2.24) is 9.21 Å². The Balaban J connectivity index is 1.58. The summed E-state index contributed by atoms with van der Waals surface area (Å²) in [7, 11) is -3.96. The Morgan fingerprint density at radius 3 is 2.24 bits per heavy atom. The van der Waals surface area contributed by atoms with E-state index in [0.29, 0.717) is 5.56 Å². The fraction of sp³-hybridized carbons (Fsp3) is 0.350. The van der Waals surface area contributed by atoms with Gasteiger partial charge in [0.1, 0.15) is 0 Å². The van der Waals surface area contributed by atoms with Crippen LogP contribution < -0.4 is 5.32 Å². The zero-order valence-electron chi connectivity index (χ0n) is 17.5. The van der Waals surface area contributed by atoms with Gasteiger partial charge in [0.2, 0.25) is 15.9 Å². The van der Waals surface area contributed by atoms with Gasteiger partial charge in [-0.1, -0.05) is 6.07 Å². The normalized spacial score (nSPS) is 15.9. The molecule has 13 heteroatoms. The summed E-state index contributed by atoms with van der Waals surface area (Å²) >= 11 is 0. The molecule has 0 spiro atoms. The lowest BCUT2D eigenvalue weighted by Crippen LogP contribution is -2.50. The van der Waals surface area contributed by atoms with Crippen molar-refractivity contribution in [3.63, 3.8) is 0 Å². The van der Waals surface area contributed by atoms with Gasteiger partial charge in [0.25, 0.3) is 5.69 Å². The van der Waals surface area contributed by atoms with E-state index in [9.17, 15) is 36.5 Å². The minimum Gasteiger partial charge on any atom is -0.325 e. The molecule has 33 heavy (non-hydrogen) atoms. The summed E-state index contributed by atoms with van der Waals surface area (Å²) < 4.78 is 65.0. The number of carbonyl (C=O) groups excluding carboxylic acids is 1. The van der Waals surface area contributed by atoms with Gasteiger partial charge >= 0.3 is 6.18 Å². The molecule has 0 atom stereocenters. The van der Waals surface area contributed by atoms with Crippen LogP contribution in [0.3, 0.4) is 0 Å². The summed E-state index contributed by atoms with van der Waals surface area (Å²) in [6.07, 6.45) is -4.47. The number of halogens is 3. The van der Waals surface area contributed by atoms with Gasteiger partial charge < -0.3 is 5.32 Å². The highest BCUT2D eigenvalue weighted by molar-refractivity contribution is 7.89. The van der Waals surface area contributed by atoms with Crippen LogP contribution in [-0.2, 0) is 21.0 Å². The number of aryl methyl sites for hydroxylation is 1. The minimum atomic E-state index is -4.47. The number of nitrogens with one attached hydrogen (secondary N) is 1. The third-order valence-electron chi connectivity index (χ3n) is 5.19. The number of hydrogen-bond acceptors (Lipinski definition) is 6. The van der Waals surface area contributed by atoms with Gasteiger partial charge in [-0.15, -0.1) is 0 Å². The molecule has 1 amide bonds. The van der Waals surface area contributed by atoms with Crippen LogP contribution in [0.1, 0.15) is 11.1 Å². The highest BCUT2D eigenvalue weighted by Gasteiger charge is 2.32. The van der Waals surface area contributed by atoms with E-state index < -0.39 is 32.6 Å². The van der Waals surface area contributed by atoms with E-state index in [-0.39, 0.29) is 49.0 Å².